The van der Waals surface area contributed by atoms with Crippen LogP contribution in [0.4, 0.5) is 0 Å². The molecule has 140 valence electrons. The van der Waals surface area contributed by atoms with Gasteiger partial charge in [0.1, 0.15) is 0 Å². The maximum absolute atomic E-state index is 12.3. The Labute approximate surface area is 150 Å². The minimum atomic E-state index is -0.275. The number of hydrogen-bond acceptors (Lipinski definition) is 4. The van der Waals surface area contributed by atoms with Crippen molar-refractivity contribution in [3.05, 3.63) is 12.2 Å². The minimum Gasteiger partial charge on any atom is -0.340 e. The number of unbranched alkanes of at least 4 members (excludes halogenated alkanes) is 1. The number of amides is 3. The summed E-state index contributed by atoms with van der Waals surface area (Å²) < 4.78 is 0. The highest BCUT2D eigenvalue weighted by Crippen LogP contribution is 2.11. The van der Waals surface area contributed by atoms with Crippen LogP contribution in [0, 0.1) is 5.92 Å². The van der Waals surface area contributed by atoms with Gasteiger partial charge < -0.3 is 4.90 Å². The summed E-state index contributed by atoms with van der Waals surface area (Å²) in [4.78, 5) is 40.8. The van der Waals surface area contributed by atoms with Crippen molar-refractivity contribution in [3.8, 4) is 0 Å². The molecule has 2 aliphatic heterocycles. The predicted molar refractivity (Wildman–Crippen MR) is 96.8 cm³/mol. The molecule has 25 heavy (non-hydrogen) atoms. The van der Waals surface area contributed by atoms with E-state index < -0.39 is 0 Å². The molecule has 0 aliphatic carbocycles. The summed E-state index contributed by atoms with van der Waals surface area (Å²) >= 11 is 0. The van der Waals surface area contributed by atoms with E-state index in [2.05, 4.69) is 18.7 Å². The van der Waals surface area contributed by atoms with Gasteiger partial charge in [-0.2, -0.15) is 0 Å². The number of carbonyl (C=O) groups is 3. The number of piperazine rings is 1. The van der Waals surface area contributed by atoms with Gasteiger partial charge in [0.2, 0.25) is 5.91 Å². The molecule has 0 bridgehead atoms. The van der Waals surface area contributed by atoms with Crippen molar-refractivity contribution in [1.29, 1.82) is 0 Å². The van der Waals surface area contributed by atoms with E-state index in [1.165, 1.54) is 36.3 Å². The van der Waals surface area contributed by atoms with Crippen molar-refractivity contribution in [2.24, 2.45) is 5.92 Å². The molecule has 3 amide bonds. The lowest BCUT2D eigenvalue weighted by atomic mass is 10.1. The molecule has 0 radical (unpaired) electrons. The monoisotopic (exact) mass is 349 g/mol. The van der Waals surface area contributed by atoms with E-state index in [-0.39, 0.29) is 17.7 Å². The fraction of sp³-hybridized carbons (Fsp3) is 0.737. The van der Waals surface area contributed by atoms with Crippen LogP contribution in [0.3, 0.4) is 0 Å². The lowest BCUT2D eigenvalue weighted by molar-refractivity contribution is -0.138. The van der Waals surface area contributed by atoms with Crippen LogP contribution in [0.2, 0.25) is 0 Å². The van der Waals surface area contributed by atoms with Gasteiger partial charge in [0.05, 0.1) is 0 Å². The number of hydrogen-bond donors (Lipinski definition) is 0. The molecule has 2 heterocycles. The second-order valence-corrected chi connectivity index (χ2v) is 7.38. The Hall–Kier alpha value is -1.69. The SMILES string of the molecule is CC(C)CCCCN1CCN(C(=O)CCCN2C(=O)C=CC2=O)CC1. The Bertz CT molecular complexity index is 490. The first-order chi connectivity index (χ1) is 12.0. The molecule has 0 aromatic heterocycles. The quantitative estimate of drug-likeness (QED) is 0.469. The molecule has 0 N–H and O–H groups in total. The molecule has 2 rings (SSSR count). The fourth-order valence-electron chi connectivity index (χ4n) is 3.31. The molecule has 0 saturated carbocycles. The second-order valence-electron chi connectivity index (χ2n) is 7.38. The molecular weight excluding hydrogens is 318 g/mol. The van der Waals surface area contributed by atoms with Gasteiger partial charge in [-0.15, -0.1) is 0 Å². The molecular formula is C19H31N3O3. The number of imide groups is 1. The molecule has 0 aromatic rings. The van der Waals surface area contributed by atoms with Crippen molar-refractivity contribution in [2.45, 2.75) is 46.0 Å². The van der Waals surface area contributed by atoms with Crippen LogP contribution in [-0.2, 0) is 14.4 Å². The summed E-state index contributed by atoms with van der Waals surface area (Å²) in [6.45, 7) is 9.43. The maximum Gasteiger partial charge on any atom is 0.253 e. The third-order valence-electron chi connectivity index (χ3n) is 4.90. The molecule has 6 heteroatoms. The van der Waals surface area contributed by atoms with Gasteiger partial charge in [0.25, 0.3) is 11.8 Å². The summed E-state index contributed by atoms with van der Waals surface area (Å²) in [7, 11) is 0. The Kier molecular flexibility index (Phi) is 7.62. The number of carbonyl (C=O) groups excluding carboxylic acids is 3. The Morgan fingerprint density at radius 1 is 0.960 bits per heavy atom. The van der Waals surface area contributed by atoms with Crippen LogP contribution in [0.25, 0.3) is 0 Å². The zero-order valence-electron chi connectivity index (χ0n) is 15.6. The maximum atomic E-state index is 12.3. The van der Waals surface area contributed by atoms with Crippen LogP contribution >= 0.6 is 0 Å². The molecule has 0 spiro atoms. The van der Waals surface area contributed by atoms with Crippen LogP contribution < -0.4 is 0 Å². The highest BCUT2D eigenvalue weighted by atomic mass is 16.2. The topological polar surface area (TPSA) is 60.9 Å². The van der Waals surface area contributed by atoms with E-state index in [1.807, 2.05) is 4.90 Å². The summed E-state index contributed by atoms with van der Waals surface area (Å²) in [6, 6.07) is 0. The Balaban J connectivity index is 1.58. The number of nitrogens with zero attached hydrogens (tertiary/aromatic N) is 3. The third-order valence-corrected chi connectivity index (χ3v) is 4.90. The zero-order valence-corrected chi connectivity index (χ0v) is 15.6. The predicted octanol–water partition coefficient (Wildman–Crippen LogP) is 1.66. The highest BCUT2D eigenvalue weighted by Gasteiger charge is 2.24. The van der Waals surface area contributed by atoms with Crippen LogP contribution in [-0.4, -0.2) is 71.7 Å². The van der Waals surface area contributed by atoms with Gasteiger partial charge in [-0.3, -0.25) is 24.2 Å². The molecule has 6 nitrogen and oxygen atoms in total. The Morgan fingerprint density at radius 2 is 1.60 bits per heavy atom. The molecule has 2 aliphatic rings. The van der Waals surface area contributed by atoms with Gasteiger partial charge in [0.15, 0.2) is 0 Å². The van der Waals surface area contributed by atoms with E-state index in [9.17, 15) is 14.4 Å². The average Bonchev–Trinajstić information content (AvgIpc) is 2.91. The lowest BCUT2D eigenvalue weighted by Gasteiger charge is -2.35. The van der Waals surface area contributed by atoms with Gasteiger partial charge in [-0.25, -0.2) is 0 Å². The molecule has 0 aromatic carbocycles. The largest absolute Gasteiger partial charge is 0.340 e. The number of rotatable bonds is 9. The van der Waals surface area contributed by atoms with Crippen LogP contribution in [0.5, 0.6) is 0 Å². The standard InChI is InChI=1S/C19H31N3O3/c1-16(2)6-3-4-10-20-12-14-21(15-13-20)17(23)7-5-11-22-18(24)8-9-19(22)25/h8-9,16H,3-7,10-15H2,1-2H3. The Morgan fingerprint density at radius 3 is 2.20 bits per heavy atom. The second kappa shape index (κ2) is 9.70. The third kappa shape index (κ3) is 6.27. The molecule has 1 saturated heterocycles. The van der Waals surface area contributed by atoms with Crippen molar-refractivity contribution in [2.75, 3.05) is 39.3 Å². The van der Waals surface area contributed by atoms with E-state index in [4.69, 9.17) is 0 Å². The van der Waals surface area contributed by atoms with Gasteiger partial charge in [-0.05, 0) is 25.3 Å². The van der Waals surface area contributed by atoms with Crippen molar-refractivity contribution in [1.82, 2.24) is 14.7 Å². The van der Waals surface area contributed by atoms with E-state index in [0.29, 0.717) is 19.4 Å². The smallest absolute Gasteiger partial charge is 0.253 e. The van der Waals surface area contributed by atoms with Crippen molar-refractivity contribution < 1.29 is 14.4 Å². The van der Waals surface area contributed by atoms with Crippen molar-refractivity contribution in [3.63, 3.8) is 0 Å². The van der Waals surface area contributed by atoms with Crippen molar-refractivity contribution >= 4 is 17.7 Å². The summed E-state index contributed by atoms with van der Waals surface area (Å²) in [6.07, 6.45) is 7.29. The van der Waals surface area contributed by atoms with Gasteiger partial charge in [0, 0.05) is 51.3 Å². The van der Waals surface area contributed by atoms with Crippen LogP contribution in [0.1, 0.15) is 46.0 Å². The van der Waals surface area contributed by atoms with E-state index >= 15 is 0 Å². The average molecular weight is 349 g/mol. The summed E-state index contributed by atoms with van der Waals surface area (Å²) in [5.41, 5.74) is 0. The first-order valence-electron chi connectivity index (χ1n) is 9.51. The minimum absolute atomic E-state index is 0.131. The fourth-order valence-corrected chi connectivity index (χ4v) is 3.31. The normalized spacial score (nSPS) is 18.7. The molecule has 0 atom stereocenters. The lowest BCUT2D eigenvalue weighted by Crippen LogP contribution is -2.48. The summed E-state index contributed by atoms with van der Waals surface area (Å²) in [5.74, 6) is 0.356. The molecule has 1 fully saturated rings. The van der Waals surface area contributed by atoms with Crippen LogP contribution in [0.15, 0.2) is 12.2 Å². The summed E-state index contributed by atoms with van der Waals surface area (Å²) in [5, 5.41) is 0. The molecule has 0 unspecified atom stereocenters. The van der Waals surface area contributed by atoms with E-state index in [1.54, 1.807) is 0 Å². The van der Waals surface area contributed by atoms with Gasteiger partial charge in [-0.1, -0.05) is 26.7 Å². The highest BCUT2D eigenvalue weighted by molar-refractivity contribution is 6.12. The first-order valence-corrected chi connectivity index (χ1v) is 9.51. The first kappa shape index (κ1) is 19.6. The zero-order chi connectivity index (χ0) is 18.2. The van der Waals surface area contributed by atoms with Gasteiger partial charge >= 0.3 is 0 Å². The van der Waals surface area contributed by atoms with E-state index in [0.717, 1.165) is 38.6 Å².